The third-order valence-electron chi connectivity index (χ3n) is 4.18. The van der Waals surface area contributed by atoms with Crippen molar-refractivity contribution < 1.29 is 19.1 Å². The van der Waals surface area contributed by atoms with E-state index in [1.165, 1.54) is 0 Å². The van der Waals surface area contributed by atoms with Crippen molar-refractivity contribution in [3.8, 4) is 0 Å². The van der Waals surface area contributed by atoms with Gasteiger partial charge in [0.05, 0.1) is 12.8 Å². The summed E-state index contributed by atoms with van der Waals surface area (Å²) in [4.78, 5) is 36.1. The largest absolute Gasteiger partial charge is 0.454 e. The summed E-state index contributed by atoms with van der Waals surface area (Å²) in [5.74, 6) is -0.908. The summed E-state index contributed by atoms with van der Waals surface area (Å²) in [6, 6.07) is 16.6. The van der Waals surface area contributed by atoms with Gasteiger partial charge in [-0.25, -0.2) is 0 Å². The van der Waals surface area contributed by atoms with Gasteiger partial charge in [0.2, 0.25) is 11.7 Å². The maximum absolute atomic E-state index is 12.3. The Morgan fingerprint density at radius 2 is 1.63 bits per heavy atom. The van der Waals surface area contributed by atoms with Crippen molar-refractivity contribution in [2.75, 3.05) is 6.54 Å². The summed E-state index contributed by atoms with van der Waals surface area (Å²) in [6.07, 6.45) is 0.325. The standard InChI is InChI=1S/C22H25NO4/c1-3-17-9-11-19(12-10-17)22(26)16(2)27-21(25)13-14-23-20(24)15-18-7-5-4-6-8-18/h4-12,16H,3,13-15H2,1-2H3,(H,23,24). The van der Waals surface area contributed by atoms with Gasteiger partial charge in [0.1, 0.15) is 0 Å². The van der Waals surface area contributed by atoms with Crippen LogP contribution in [0.1, 0.15) is 41.8 Å². The normalized spacial score (nSPS) is 11.5. The lowest BCUT2D eigenvalue weighted by atomic mass is 10.0. The molecule has 5 nitrogen and oxygen atoms in total. The van der Waals surface area contributed by atoms with E-state index in [2.05, 4.69) is 5.32 Å². The van der Waals surface area contributed by atoms with Gasteiger partial charge in [-0.3, -0.25) is 14.4 Å². The van der Waals surface area contributed by atoms with Crippen molar-refractivity contribution in [3.63, 3.8) is 0 Å². The van der Waals surface area contributed by atoms with Gasteiger partial charge < -0.3 is 10.1 Å². The van der Waals surface area contributed by atoms with Crippen LogP contribution in [0, 0.1) is 0 Å². The maximum Gasteiger partial charge on any atom is 0.308 e. The Labute approximate surface area is 159 Å². The van der Waals surface area contributed by atoms with Crippen molar-refractivity contribution in [1.82, 2.24) is 5.32 Å². The molecule has 1 unspecified atom stereocenters. The maximum atomic E-state index is 12.3. The zero-order valence-electron chi connectivity index (χ0n) is 15.7. The molecule has 0 saturated carbocycles. The lowest BCUT2D eigenvalue weighted by Gasteiger charge is -2.13. The third kappa shape index (κ3) is 6.70. The van der Waals surface area contributed by atoms with E-state index >= 15 is 0 Å². The van der Waals surface area contributed by atoms with E-state index in [0.29, 0.717) is 5.56 Å². The number of benzene rings is 2. The van der Waals surface area contributed by atoms with Crippen LogP contribution in [-0.4, -0.2) is 30.3 Å². The minimum absolute atomic E-state index is 0.0208. The van der Waals surface area contributed by atoms with Gasteiger partial charge in [-0.2, -0.15) is 0 Å². The number of ketones is 1. The minimum Gasteiger partial charge on any atom is -0.454 e. The Bertz CT molecular complexity index is 769. The number of hydrogen-bond donors (Lipinski definition) is 1. The molecule has 142 valence electrons. The monoisotopic (exact) mass is 367 g/mol. The first-order chi connectivity index (χ1) is 13.0. The molecule has 1 amide bonds. The highest BCUT2D eigenvalue weighted by Gasteiger charge is 2.19. The van der Waals surface area contributed by atoms with Crippen molar-refractivity contribution in [2.45, 2.75) is 39.2 Å². The highest BCUT2D eigenvalue weighted by Crippen LogP contribution is 2.10. The summed E-state index contributed by atoms with van der Waals surface area (Å²) >= 11 is 0. The van der Waals surface area contributed by atoms with Crippen molar-refractivity contribution >= 4 is 17.7 Å². The fourth-order valence-electron chi connectivity index (χ4n) is 2.60. The molecule has 2 aromatic carbocycles. The summed E-state index contributed by atoms with van der Waals surface area (Å²) < 4.78 is 5.18. The van der Waals surface area contributed by atoms with Crippen LogP contribution in [0.25, 0.3) is 0 Å². The van der Waals surface area contributed by atoms with Gasteiger partial charge in [0.15, 0.2) is 6.10 Å². The lowest BCUT2D eigenvalue weighted by Crippen LogP contribution is -2.30. The molecule has 0 aliphatic rings. The average Bonchev–Trinajstić information content (AvgIpc) is 2.68. The number of aryl methyl sites for hydroxylation is 1. The number of carbonyl (C=O) groups excluding carboxylic acids is 3. The van der Waals surface area contributed by atoms with E-state index in [-0.39, 0.29) is 31.1 Å². The smallest absolute Gasteiger partial charge is 0.308 e. The molecular weight excluding hydrogens is 342 g/mol. The van der Waals surface area contributed by atoms with E-state index in [9.17, 15) is 14.4 Å². The topological polar surface area (TPSA) is 72.5 Å². The van der Waals surface area contributed by atoms with Crippen LogP contribution in [0.15, 0.2) is 54.6 Å². The molecule has 2 aromatic rings. The van der Waals surface area contributed by atoms with Crippen molar-refractivity contribution in [2.24, 2.45) is 0 Å². The highest BCUT2D eigenvalue weighted by atomic mass is 16.5. The number of Topliss-reactive ketones (excluding diaryl/α,β-unsaturated/α-hetero) is 1. The molecule has 2 rings (SSSR count). The Balaban J connectivity index is 1.72. The molecule has 0 saturated heterocycles. The summed E-state index contributed by atoms with van der Waals surface area (Å²) in [5, 5.41) is 2.68. The van der Waals surface area contributed by atoms with E-state index in [1.807, 2.05) is 49.4 Å². The predicted molar refractivity (Wildman–Crippen MR) is 103 cm³/mol. The second-order valence-corrected chi connectivity index (χ2v) is 6.31. The van der Waals surface area contributed by atoms with Crippen LogP contribution >= 0.6 is 0 Å². The first-order valence-electron chi connectivity index (χ1n) is 9.13. The van der Waals surface area contributed by atoms with Gasteiger partial charge in [-0.15, -0.1) is 0 Å². The van der Waals surface area contributed by atoms with Crippen LogP contribution in [-0.2, 0) is 27.2 Å². The van der Waals surface area contributed by atoms with E-state index in [1.54, 1.807) is 19.1 Å². The fourth-order valence-corrected chi connectivity index (χ4v) is 2.60. The van der Waals surface area contributed by atoms with Gasteiger partial charge in [-0.1, -0.05) is 61.5 Å². The minimum atomic E-state index is -0.856. The van der Waals surface area contributed by atoms with Crippen LogP contribution in [0.2, 0.25) is 0 Å². The number of carbonyl (C=O) groups is 3. The first kappa shape index (κ1) is 20.4. The predicted octanol–water partition coefficient (Wildman–Crippen LogP) is 3.11. The number of amides is 1. The summed E-state index contributed by atoms with van der Waals surface area (Å²) in [6.45, 7) is 3.78. The molecule has 5 heteroatoms. The molecule has 0 aliphatic heterocycles. The van der Waals surface area contributed by atoms with Gasteiger partial charge >= 0.3 is 5.97 Å². The van der Waals surface area contributed by atoms with E-state index < -0.39 is 12.1 Å². The molecule has 0 heterocycles. The van der Waals surface area contributed by atoms with Gasteiger partial charge in [-0.05, 0) is 24.5 Å². The summed E-state index contributed by atoms with van der Waals surface area (Å²) in [7, 11) is 0. The average molecular weight is 367 g/mol. The van der Waals surface area contributed by atoms with Gasteiger partial charge in [0, 0.05) is 12.1 Å². The molecule has 27 heavy (non-hydrogen) atoms. The molecule has 0 bridgehead atoms. The third-order valence-corrected chi connectivity index (χ3v) is 4.18. The first-order valence-corrected chi connectivity index (χ1v) is 9.13. The Morgan fingerprint density at radius 1 is 0.963 bits per heavy atom. The van der Waals surface area contributed by atoms with Crippen LogP contribution < -0.4 is 5.32 Å². The molecule has 1 atom stereocenters. The zero-order valence-corrected chi connectivity index (χ0v) is 15.7. The Kier molecular flexibility index (Phi) is 7.74. The molecule has 0 radical (unpaired) electrons. The highest BCUT2D eigenvalue weighted by molar-refractivity contribution is 6.00. The molecule has 1 N–H and O–H groups in total. The second-order valence-electron chi connectivity index (χ2n) is 6.31. The molecule has 0 aromatic heterocycles. The number of ether oxygens (including phenoxy) is 1. The molecule has 0 aliphatic carbocycles. The fraction of sp³-hybridized carbons (Fsp3) is 0.318. The molecule has 0 spiro atoms. The Morgan fingerprint density at radius 3 is 2.26 bits per heavy atom. The molecule has 0 fully saturated rings. The quantitative estimate of drug-likeness (QED) is 0.546. The second kappa shape index (κ2) is 10.3. The zero-order chi connectivity index (χ0) is 19.6. The SMILES string of the molecule is CCc1ccc(C(=O)C(C)OC(=O)CCNC(=O)Cc2ccccc2)cc1. The van der Waals surface area contributed by atoms with E-state index in [0.717, 1.165) is 17.5 Å². The van der Waals surface area contributed by atoms with Crippen LogP contribution in [0.4, 0.5) is 0 Å². The summed E-state index contributed by atoms with van der Waals surface area (Å²) in [5.41, 5.74) is 2.57. The number of esters is 1. The van der Waals surface area contributed by atoms with Crippen LogP contribution in [0.3, 0.4) is 0 Å². The van der Waals surface area contributed by atoms with E-state index in [4.69, 9.17) is 4.74 Å². The Hall–Kier alpha value is -2.95. The van der Waals surface area contributed by atoms with Crippen molar-refractivity contribution in [1.29, 1.82) is 0 Å². The van der Waals surface area contributed by atoms with Gasteiger partial charge in [0.25, 0.3) is 0 Å². The van der Waals surface area contributed by atoms with Crippen LogP contribution in [0.5, 0.6) is 0 Å². The number of nitrogens with one attached hydrogen (secondary N) is 1. The molecular formula is C22H25NO4. The van der Waals surface area contributed by atoms with Crippen molar-refractivity contribution in [3.05, 3.63) is 71.3 Å². The lowest BCUT2D eigenvalue weighted by molar-refractivity contribution is -0.146. The number of rotatable bonds is 9. The number of hydrogen-bond acceptors (Lipinski definition) is 4.